The van der Waals surface area contributed by atoms with E-state index in [-0.39, 0.29) is 43.9 Å². The molecule has 1 atom stereocenters. The molecule has 0 bridgehead atoms. The number of halogens is 1. The number of carbonyl (C=O) groups excluding carboxylic acids is 3. The van der Waals surface area contributed by atoms with Crippen molar-refractivity contribution in [1.82, 2.24) is 29.8 Å². The fourth-order valence-corrected chi connectivity index (χ4v) is 5.29. The molecule has 0 N–H and O–H groups in total. The number of rotatable bonds is 20. The van der Waals surface area contributed by atoms with Crippen LogP contribution in [0.3, 0.4) is 0 Å². The molecule has 0 spiro atoms. The van der Waals surface area contributed by atoms with Gasteiger partial charge in [0.1, 0.15) is 5.82 Å². The number of esters is 1. The van der Waals surface area contributed by atoms with Crippen molar-refractivity contribution in [3.8, 4) is 22.5 Å². The van der Waals surface area contributed by atoms with Crippen molar-refractivity contribution in [1.29, 1.82) is 0 Å². The molecule has 2 heterocycles. The van der Waals surface area contributed by atoms with Crippen LogP contribution in [-0.4, -0.2) is 79.2 Å². The molecule has 2 aromatic heterocycles. The fraction of sp³-hybridized carbons (Fsp3) is 0.441. The highest BCUT2D eigenvalue weighted by Gasteiger charge is 2.26. The lowest BCUT2D eigenvalue weighted by atomic mass is 9.98. The number of nitrogens with zero attached hydrogens (tertiary/aromatic N) is 7. The van der Waals surface area contributed by atoms with Gasteiger partial charge < -0.3 is 33.1 Å². The predicted molar refractivity (Wildman–Crippen MR) is 186 cm³/mol. The average Bonchev–Trinajstić information content (AvgIpc) is 3.73. The third kappa shape index (κ3) is 12.2. The quantitative estimate of drug-likeness (QED) is 0.0238. The Morgan fingerprint density at radius 2 is 1.64 bits per heavy atom. The normalized spacial score (nSPS) is 11.4. The van der Waals surface area contributed by atoms with Crippen molar-refractivity contribution in [2.75, 3.05) is 19.8 Å². The molecule has 19 heteroatoms. The van der Waals surface area contributed by atoms with Crippen molar-refractivity contribution in [3.63, 3.8) is 0 Å². The summed E-state index contributed by atoms with van der Waals surface area (Å²) >= 11 is 6.46. The molecular weight excluding hydrogens is 718 g/mol. The number of imidazole rings is 1. The van der Waals surface area contributed by atoms with Gasteiger partial charge in [-0.25, -0.2) is 19.4 Å². The van der Waals surface area contributed by atoms with Crippen LogP contribution in [0, 0.1) is 10.1 Å². The Morgan fingerprint density at radius 3 is 2.36 bits per heavy atom. The average molecular weight is 758 g/mol. The summed E-state index contributed by atoms with van der Waals surface area (Å²) in [4.78, 5) is 56.8. The summed E-state index contributed by atoms with van der Waals surface area (Å²) in [7, 11) is 0. The van der Waals surface area contributed by atoms with Crippen LogP contribution in [0.1, 0.15) is 74.8 Å². The molecule has 4 aromatic rings. The van der Waals surface area contributed by atoms with Gasteiger partial charge in [-0.2, -0.15) is 0 Å². The van der Waals surface area contributed by atoms with E-state index in [0.29, 0.717) is 42.9 Å². The Bertz CT molecular complexity index is 1830. The van der Waals surface area contributed by atoms with Crippen LogP contribution in [0.25, 0.3) is 22.5 Å². The Hall–Kier alpha value is -5.78. The second kappa shape index (κ2) is 20.3. The number of aromatic nitrogens is 6. The number of benzene rings is 2. The molecule has 1 unspecified atom stereocenters. The second-order valence-corrected chi connectivity index (χ2v) is 11.7. The molecule has 0 saturated carbocycles. The van der Waals surface area contributed by atoms with Crippen LogP contribution >= 0.6 is 11.6 Å². The zero-order valence-electron chi connectivity index (χ0n) is 29.5. The highest BCUT2D eigenvalue weighted by atomic mass is 35.5. The first kappa shape index (κ1) is 40.0. The zero-order valence-corrected chi connectivity index (χ0v) is 30.2. The number of aryl methyl sites for hydroxylation is 1. The van der Waals surface area contributed by atoms with E-state index >= 15 is 0 Å². The van der Waals surface area contributed by atoms with E-state index < -0.39 is 29.7 Å². The third-order valence-corrected chi connectivity index (χ3v) is 7.74. The van der Waals surface area contributed by atoms with Gasteiger partial charge in [0.2, 0.25) is 18.8 Å². The molecule has 18 nitrogen and oxygen atoms in total. The second-order valence-electron chi connectivity index (χ2n) is 11.3. The summed E-state index contributed by atoms with van der Waals surface area (Å²) in [5.41, 5.74) is 3.24. The van der Waals surface area contributed by atoms with Gasteiger partial charge in [-0.05, 0) is 54.5 Å². The SMILES string of the molecule is CCCCc1nc(Cl)c(C(=O)OC(C)OC(=O)OCC)n1Cc1ccc(-c2ccccc2-c2nnn(COC(=O)OCCCCCO[N+](=O)[O-])n2)cc1. The van der Waals surface area contributed by atoms with Crippen molar-refractivity contribution in [3.05, 3.63) is 80.9 Å². The smallest absolute Gasteiger partial charge is 0.435 e. The first-order chi connectivity index (χ1) is 25.6. The maximum Gasteiger partial charge on any atom is 0.511 e. The highest BCUT2D eigenvalue weighted by Crippen LogP contribution is 2.30. The molecule has 4 rings (SSSR count). The lowest BCUT2D eigenvalue weighted by Crippen LogP contribution is -2.24. The minimum atomic E-state index is -1.22. The third-order valence-electron chi connectivity index (χ3n) is 7.48. The van der Waals surface area contributed by atoms with Crippen molar-refractivity contribution in [2.45, 2.75) is 78.9 Å². The molecule has 0 aliphatic heterocycles. The van der Waals surface area contributed by atoms with Gasteiger partial charge in [-0.1, -0.05) is 73.5 Å². The first-order valence-corrected chi connectivity index (χ1v) is 17.3. The van der Waals surface area contributed by atoms with Gasteiger partial charge in [-0.3, -0.25) is 0 Å². The van der Waals surface area contributed by atoms with Crippen LogP contribution in [0.15, 0.2) is 48.5 Å². The van der Waals surface area contributed by atoms with E-state index in [9.17, 15) is 24.5 Å². The summed E-state index contributed by atoms with van der Waals surface area (Å²) in [6.07, 6.45) is 0.719. The molecule has 0 aliphatic carbocycles. The summed E-state index contributed by atoms with van der Waals surface area (Å²) < 4.78 is 26.8. The summed E-state index contributed by atoms with van der Waals surface area (Å²) in [5, 5.41) is 21.8. The number of hydrogen-bond donors (Lipinski definition) is 0. The zero-order chi connectivity index (χ0) is 38.2. The maximum atomic E-state index is 13.2. The van der Waals surface area contributed by atoms with Crippen molar-refractivity contribution < 1.29 is 48.0 Å². The van der Waals surface area contributed by atoms with E-state index in [2.05, 4.69) is 25.2 Å². The lowest BCUT2D eigenvalue weighted by Gasteiger charge is -2.16. The molecule has 0 saturated heterocycles. The molecule has 284 valence electrons. The van der Waals surface area contributed by atoms with Gasteiger partial charge >= 0.3 is 18.3 Å². The Balaban J connectivity index is 1.41. The molecule has 0 radical (unpaired) electrons. The van der Waals surface area contributed by atoms with Gasteiger partial charge in [0, 0.05) is 25.5 Å². The summed E-state index contributed by atoms with van der Waals surface area (Å²) in [5.74, 6) is 0.115. The van der Waals surface area contributed by atoms with Crippen LogP contribution < -0.4 is 0 Å². The van der Waals surface area contributed by atoms with Gasteiger partial charge in [0.25, 0.3) is 5.09 Å². The molecule has 0 aliphatic rings. The minimum Gasteiger partial charge on any atom is -0.435 e. The number of hydrogen-bond acceptors (Lipinski definition) is 15. The van der Waals surface area contributed by atoms with Crippen LogP contribution in [0.5, 0.6) is 0 Å². The topological polar surface area (TPSA) is 211 Å². The molecule has 53 heavy (non-hydrogen) atoms. The first-order valence-electron chi connectivity index (χ1n) is 16.9. The Kier molecular flexibility index (Phi) is 15.3. The van der Waals surface area contributed by atoms with E-state index in [1.807, 2.05) is 55.5 Å². The van der Waals surface area contributed by atoms with Crippen LogP contribution in [-0.2, 0) is 48.2 Å². The number of ether oxygens (including phenoxy) is 5. The highest BCUT2D eigenvalue weighted by molar-refractivity contribution is 6.32. The molecule has 0 fully saturated rings. The predicted octanol–water partition coefficient (Wildman–Crippen LogP) is 6.41. The minimum absolute atomic E-state index is 0.0203. The monoisotopic (exact) mass is 757 g/mol. The summed E-state index contributed by atoms with van der Waals surface area (Å²) in [6.45, 7) is 5.17. The molecule has 0 amide bonds. The van der Waals surface area contributed by atoms with Crippen molar-refractivity contribution in [2.24, 2.45) is 0 Å². The molecule has 2 aromatic carbocycles. The Labute approximate surface area is 309 Å². The largest absolute Gasteiger partial charge is 0.511 e. The number of unbranched alkanes of at least 4 members (excludes halogenated alkanes) is 3. The summed E-state index contributed by atoms with van der Waals surface area (Å²) in [6, 6.07) is 15.1. The van der Waals surface area contributed by atoms with Crippen LogP contribution in [0.4, 0.5) is 9.59 Å². The lowest BCUT2D eigenvalue weighted by molar-refractivity contribution is -0.757. The van der Waals surface area contributed by atoms with E-state index in [1.54, 1.807) is 11.5 Å². The number of tetrazole rings is 1. The van der Waals surface area contributed by atoms with Gasteiger partial charge in [-0.15, -0.1) is 25.1 Å². The van der Waals surface area contributed by atoms with Crippen LogP contribution in [0.2, 0.25) is 5.15 Å². The Morgan fingerprint density at radius 1 is 0.906 bits per heavy atom. The van der Waals surface area contributed by atoms with Crippen molar-refractivity contribution >= 4 is 29.9 Å². The van der Waals surface area contributed by atoms with E-state index in [4.69, 9.17) is 35.3 Å². The standard InChI is InChI=1S/C34H40ClN7O11/c1-4-6-14-28-36-30(35)29(32(43)52-23(3)53-34(45)48-5-2)40(28)21-24-15-17-25(18-16-24)26-12-8-9-13-27(26)31-37-39-41(38-31)22-50-33(44)49-19-10-7-11-20-51-42(46)47/h8-9,12-13,15-18,23H,4-7,10-11,14,19-22H2,1-3H3. The maximum absolute atomic E-state index is 13.2. The van der Waals surface area contributed by atoms with Gasteiger partial charge in [0.15, 0.2) is 10.8 Å². The fourth-order valence-electron chi connectivity index (χ4n) is 5.01. The molecular formula is C34H40ClN7O11. The van der Waals surface area contributed by atoms with Gasteiger partial charge in [0.05, 0.1) is 19.8 Å². The van der Waals surface area contributed by atoms with E-state index in [0.717, 1.165) is 34.3 Å². The van der Waals surface area contributed by atoms with E-state index in [1.165, 1.54) is 6.92 Å². The number of carbonyl (C=O) groups is 3.